The molecule has 1 aliphatic carbocycles. The van der Waals surface area contributed by atoms with Gasteiger partial charge in [-0.25, -0.2) is 0 Å². The van der Waals surface area contributed by atoms with Gasteiger partial charge in [0.25, 0.3) is 5.91 Å². The molecule has 1 fully saturated rings. The molecular formula is C15H26N4O3S. The second-order valence-electron chi connectivity index (χ2n) is 6.76. The lowest BCUT2D eigenvalue weighted by molar-refractivity contribution is -0.129. The number of thiocarbonyl (C=S) groups is 1. The van der Waals surface area contributed by atoms with Crippen molar-refractivity contribution in [2.45, 2.75) is 52.9 Å². The molecule has 1 rings (SSSR count). The standard InChI is InChI=1S/C15H26N4O3S/c1-15(2,3)13(22)17-14(23)19-18-11(20)9-16-12(21)10-7-5-4-6-8-10/h10H,4-9H2,1-3H3,(H,16,21)(H,18,20)(H2,17,19,22,23). The molecule has 0 saturated heterocycles. The van der Waals surface area contributed by atoms with Crippen LogP contribution >= 0.6 is 12.2 Å². The lowest BCUT2D eigenvalue weighted by Gasteiger charge is -2.21. The van der Waals surface area contributed by atoms with Gasteiger partial charge >= 0.3 is 0 Å². The number of nitrogens with one attached hydrogen (secondary N) is 4. The molecule has 130 valence electrons. The molecule has 1 aliphatic rings. The van der Waals surface area contributed by atoms with Crippen LogP contribution in [0.15, 0.2) is 0 Å². The summed E-state index contributed by atoms with van der Waals surface area (Å²) < 4.78 is 0. The minimum atomic E-state index is -0.580. The van der Waals surface area contributed by atoms with Gasteiger partial charge in [0.15, 0.2) is 5.11 Å². The van der Waals surface area contributed by atoms with Crippen molar-refractivity contribution in [3.05, 3.63) is 0 Å². The lowest BCUT2D eigenvalue weighted by atomic mass is 9.89. The summed E-state index contributed by atoms with van der Waals surface area (Å²) in [6, 6.07) is 0. The number of carbonyl (C=O) groups excluding carboxylic acids is 3. The van der Waals surface area contributed by atoms with E-state index in [1.807, 2.05) is 0 Å². The van der Waals surface area contributed by atoms with Crippen molar-refractivity contribution >= 4 is 35.1 Å². The second kappa shape index (κ2) is 8.81. The summed E-state index contributed by atoms with van der Waals surface area (Å²) in [6.07, 6.45) is 5.07. The van der Waals surface area contributed by atoms with E-state index in [1.165, 1.54) is 6.42 Å². The molecular weight excluding hydrogens is 316 g/mol. The first-order valence-electron chi connectivity index (χ1n) is 7.88. The van der Waals surface area contributed by atoms with Gasteiger partial charge in [0, 0.05) is 11.3 Å². The number of hydrazine groups is 1. The van der Waals surface area contributed by atoms with Crippen molar-refractivity contribution in [1.29, 1.82) is 0 Å². The first-order chi connectivity index (χ1) is 10.7. The average molecular weight is 342 g/mol. The maximum absolute atomic E-state index is 11.9. The highest BCUT2D eigenvalue weighted by Gasteiger charge is 2.23. The molecule has 0 aliphatic heterocycles. The molecule has 0 unspecified atom stereocenters. The van der Waals surface area contributed by atoms with Gasteiger partial charge in [-0.2, -0.15) is 0 Å². The Labute approximate surface area is 142 Å². The van der Waals surface area contributed by atoms with Gasteiger partial charge in [-0.1, -0.05) is 40.0 Å². The normalized spacial score (nSPS) is 15.4. The number of hydrogen-bond donors (Lipinski definition) is 4. The third-order valence-corrected chi connectivity index (χ3v) is 3.83. The van der Waals surface area contributed by atoms with Crippen LogP contribution in [0.3, 0.4) is 0 Å². The Balaban J connectivity index is 2.22. The first kappa shape index (κ1) is 19.3. The zero-order valence-electron chi connectivity index (χ0n) is 14.0. The maximum atomic E-state index is 11.9. The van der Waals surface area contributed by atoms with E-state index in [-0.39, 0.29) is 29.4 Å². The van der Waals surface area contributed by atoms with E-state index in [2.05, 4.69) is 21.5 Å². The average Bonchev–Trinajstić information content (AvgIpc) is 2.50. The molecule has 0 atom stereocenters. The molecule has 0 radical (unpaired) electrons. The number of amides is 3. The number of hydrogen-bond acceptors (Lipinski definition) is 4. The molecule has 0 aromatic carbocycles. The van der Waals surface area contributed by atoms with Crippen LogP contribution in [0.4, 0.5) is 0 Å². The largest absolute Gasteiger partial charge is 0.347 e. The molecule has 0 aromatic rings. The third-order valence-electron chi connectivity index (χ3n) is 3.62. The van der Waals surface area contributed by atoms with Crippen molar-refractivity contribution in [3.63, 3.8) is 0 Å². The van der Waals surface area contributed by atoms with Crippen LogP contribution in [0.25, 0.3) is 0 Å². The fraction of sp³-hybridized carbons (Fsp3) is 0.733. The van der Waals surface area contributed by atoms with Crippen LogP contribution in [0.1, 0.15) is 52.9 Å². The van der Waals surface area contributed by atoms with Crippen LogP contribution < -0.4 is 21.5 Å². The molecule has 0 aromatic heterocycles. The van der Waals surface area contributed by atoms with Crippen LogP contribution in [-0.4, -0.2) is 29.4 Å². The summed E-state index contributed by atoms with van der Waals surface area (Å²) in [6.45, 7) is 5.14. The topological polar surface area (TPSA) is 99.3 Å². The van der Waals surface area contributed by atoms with E-state index in [9.17, 15) is 14.4 Å². The van der Waals surface area contributed by atoms with E-state index in [0.29, 0.717) is 0 Å². The highest BCUT2D eigenvalue weighted by molar-refractivity contribution is 7.80. The van der Waals surface area contributed by atoms with E-state index in [1.54, 1.807) is 20.8 Å². The summed E-state index contributed by atoms with van der Waals surface area (Å²) in [7, 11) is 0. The van der Waals surface area contributed by atoms with Crippen molar-refractivity contribution in [1.82, 2.24) is 21.5 Å². The van der Waals surface area contributed by atoms with Gasteiger partial charge in [0.1, 0.15) is 0 Å². The zero-order chi connectivity index (χ0) is 17.5. The predicted octanol–water partition coefficient (Wildman–Crippen LogP) is 0.751. The van der Waals surface area contributed by atoms with E-state index in [4.69, 9.17) is 12.2 Å². The van der Waals surface area contributed by atoms with E-state index >= 15 is 0 Å². The Morgan fingerprint density at radius 2 is 1.65 bits per heavy atom. The Morgan fingerprint density at radius 1 is 1.04 bits per heavy atom. The fourth-order valence-corrected chi connectivity index (χ4v) is 2.31. The molecule has 23 heavy (non-hydrogen) atoms. The van der Waals surface area contributed by atoms with Crippen LogP contribution in [0.2, 0.25) is 0 Å². The second-order valence-corrected chi connectivity index (χ2v) is 7.17. The summed E-state index contributed by atoms with van der Waals surface area (Å²) in [5, 5.41) is 5.10. The molecule has 8 heteroatoms. The van der Waals surface area contributed by atoms with Gasteiger partial charge in [0.05, 0.1) is 6.54 Å². The van der Waals surface area contributed by atoms with Crippen LogP contribution in [0.5, 0.6) is 0 Å². The summed E-state index contributed by atoms with van der Waals surface area (Å²) >= 11 is 4.91. The quantitative estimate of drug-likeness (QED) is 0.448. The minimum Gasteiger partial charge on any atom is -0.347 e. The Bertz CT molecular complexity index is 468. The van der Waals surface area contributed by atoms with Crippen molar-refractivity contribution in [2.75, 3.05) is 6.54 Å². The zero-order valence-corrected chi connectivity index (χ0v) is 14.8. The van der Waals surface area contributed by atoms with Gasteiger partial charge in [-0.15, -0.1) is 0 Å². The SMILES string of the molecule is CC(C)(C)C(=O)NC(=S)NNC(=O)CNC(=O)C1CCCCC1. The maximum Gasteiger partial charge on any atom is 0.257 e. The van der Waals surface area contributed by atoms with Gasteiger partial charge < -0.3 is 10.6 Å². The van der Waals surface area contributed by atoms with Gasteiger partial charge in [-0.3, -0.25) is 25.2 Å². The molecule has 0 spiro atoms. The molecule has 4 N–H and O–H groups in total. The van der Waals surface area contributed by atoms with Crippen molar-refractivity contribution in [2.24, 2.45) is 11.3 Å². The predicted molar refractivity (Wildman–Crippen MR) is 91.1 cm³/mol. The van der Waals surface area contributed by atoms with E-state index < -0.39 is 11.3 Å². The molecule has 3 amide bonds. The Kier molecular flexibility index (Phi) is 7.41. The fourth-order valence-electron chi connectivity index (χ4n) is 2.17. The Morgan fingerprint density at radius 3 is 2.22 bits per heavy atom. The van der Waals surface area contributed by atoms with E-state index in [0.717, 1.165) is 25.7 Å². The van der Waals surface area contributed by atoms with Gasteiger partial charge in [0.2, 0.25) is 11.8 Å². The minimum absolute atomic E-state index is 0.0108. The van der Waals surface area contributed by atoms with Crippen molar-refractivity contribution < 1.29 is 14.4 Å². The van der Waals surface area contributed by atoms with Crippen molar-refractivity contribution in [3.8, 4) is 0 Å². The summed E-state index contributed by atoms with van der Waals surface area (Å²) in [5.74, 6) is -0.753. The van der Waals surface area contributed by atoms with Crippen LogP contribution in [0, 0.1) is 11.3 Å². The number of carbonyl (C=O) groups is 3. The lowest BCUT2D eigenvalue weighted by Crippen LogP contribution is -2.52. The van der Waals surface area contributed by atoms with Crippen LogP contribution in [-0.2, 0) is 14.4 Å². The third kappa shape index (κ3) is 7.40. The molecule has 7 nitrogen and oxygen atoms in total. The highest BCUT2D eigenvalue weighted by atomic mass is 32.1. The Hall–Kier alpha value is -1.70. The summed E-state index contributed by atoms with van der Waals surface area (Å²) in [4.78, 5) is 35.3. The molecule has 0 bridgehead atoms. The molecule has 1 saturated carbocycles. The summed E-state index contributed by atoms with van der Waals surface area (Å²) in [5.41, 5.74) is 4.20. The number of rotatable bonds is 3. The highest BCUT2D eigenvalue weighted by Crippen LogP contribution is 2.23. The smallest absolute Gasteiger partial charge is 0.257 e. The first-order valence-corrected chi connectivity index (χ1v) is 8.29. The monoisotopic (exact) mass is 342 g/mol. The molecule has 0 heterocycles. The van der Waals surface area contributed by atoms with Gasteiger partial charge in [-0.05, 0) is 25.1 Å².